The van der Waals surface area contributed by atoms with Crippen molar-refractivity contribution < 1.29 is 0 Å². The second kappa shape index (κ2) is 24.1. The second-order valence-corrected chi connectivity index (χ2v) is 19.2. The number of rotatable bonds is 13. The first-order valence-corrected chi connectivity index (χ1v) is 26.1. The molecule has 23 heteroatoms. The number of pyridine rings is 1. The van der Waals surface area contributed by atoms with Gasteiger partial charge in [-0.05, 0) is 93.8 Å². The van der Waals surface area contributed by atoms with Gasteiger partial charge in [-0.25, -0.2) is 29.9 Å². The predicted molar refractivity (Wildman–Crippen MR) is 318 cm³/mol. The van der Waals surface area contributed by atoms with Gasteiger partial charge in [0.1, 0.15) is 35.9 Å². The number of anilines is 10. The molecule has 23 nitrogen and oxygen atoms in total. The van der Waals surface area contributed by atoms with Crippen LogP contribution in [0.4, 0.5) is 58.4 Å². The van der Waals surface area contributed by atoms with Crippen molar-refractivity contribution in [1.82, 2.24) is 85.6 Å². The molecule has 1 aliphatic carbocycles. The Morgan fingerprint density at radius 2 is 0.926 bits per heavy atom. The van der Waals surface area contributed by atoms with Crippen molar-refractivity contribution in [3.05, 3.63) is 187 Å². The van der Waals surface area contributed by atoms with E-state index in [-0.39, 0.29) is 0 Å². The smallest absolute Gasteiger partial charge is 0.227 e. The highest BCUT2D eigenvalue weighted by molar-refractivity contribution is 5.93. The number of aromatic amines is 4. The van der Waals surface area contributed by atoms with Crippen LogP contribution in [0.3, 0.4) is 0 Å². The molecule has 0 aliphatic heterocycles. The first kappa shape index (κ1) is 52.1. The lowest BCUT2D eigenvalue weighted by Gasteiger charge is -2.13. The summed E-state index contributed by atoms with van der Waals surface area (Å²) in [5.41, 5.74) is 8.87. The Morgan fingerprint density at radius 1 is 0.469 bits per heavy atom. The minimum absolute atomic E-state index is 0.553. The van der Waals surface area contributed by atoms with E-state index in [1.807, 2.05) is 173 Å². The highest BCUT2D eigenvalue weighted by Gasteiger charge is 2.26. The van der Waals surface area contributed by atoms with Crippen molar-refractivity contribution in [1.29, 1.82) is 0 Å². The molecule has 13 aromatic rings. The lowest BCUT2D eigenvalue weighted by molar-refractivity contribution is 0.966. The van der Waals surface area contributed by atoms with Crippen LogP contribution in [0.2, 0.25) is 0 Å². The molecule has 0 saturated heterocycles. The maximum Gasteiger partial charge on any atom is 0.227 e. The number of hydrogen-bond acceptors (Lipinski definition) is 19. The molecule has 1 saturated carbocycles. The van der Waals surface area contributed by atoms with Gasteiger partial charge in [0.15, 0.2) is 23.3 Å². The maximum absolute atomic E-state index is 4.62. The first-order chi connectivity index (χ1) is 39.6. The van der Waals surface area contributed by atoms with Crippen LogP contribution in [-0.4, -0.2) is 99.7 Å². The topological polar surface area (TPSA) is 294 Å². The van der Waals surface area contributed by atoms with Crippen LogP contribution < -0.4 is 31.5 Å². The predicted octanol–water partition coefficient (Wildman–Crippen LogP) is 11.3. The Hall–Kier alpha value is -11.0. The van der Waals surface area contributed by atoms with Crippen LogP contribution in [0.25, 0.3) is 43.6 Å². The average molecular weight is 1080 g/mol. The summed E-state index contributed by atoms with van der Waals surface area (Å²) >= 11 is 0. The van der Waals surface area contributed by atoms with Crippen molar-refractivity contribution in [2.75, 3.05) is 45.6 Å². The van der Waals surface area contributed by atoms with Crippen LogP contribution in [0, 0.1) is 20.8 Å². The van der Waals surface area contributed by atoms with E-state index in [1.165, 1.54) is 18.5 Å². The molecular weight excluding hydrogens is 1020 g/mol. The summed E-state index contributed by atoms with van der Waals surface area (Å²) in [6.07, 6.45) is 9.17. The quantitative estimate of drug-likeness (QED) is 0.0518. The fourth-order valence-electron chi connectivity index (χ4n) is 8.44. The van der Waals surface area contributed by atoms with E-state index in [0.717, 1.165) is 107 Å². The Morgan fingerprint density at radius 3 is 1.41 bits per heavy atom. The Balaban J connectivity index is 0.000000115. The summed E-state index contributed by atoms with van der Waals surface area (Å²) in [6.45, 7) is 6.47. The molecular formula is C58H57N23. The monoisotopic (exact) mass is 1080 g/mol. The molecule has 404 valence electrons. The summed E-state index contributed by atoms with van der Waals surface area (Å²) in [4.78, 5) is 41.3. The summed E-state index contributed by atoms with van der Waals surface area (Å²) < 4.78 is 0. The van der Waals surface area contributed by atoms with Crippen LogP contribution in [0.15, 0.2) is 159 Å². The fourth-order valence-corrected chi connectivity index (χ4v) is 8.44. The van der Waals surface area contributed by atoms with Gasteiger partial charge in [-0.15, -0.1) is 0 Å². The van der Waals surface area contributed by atoms with Gasteiger partial charge in [0, 0.05) is 108 Å². The molecule has 4 aromatic carbocycles. The summed E-state index contributed by atoms with van der Waals surface area (Å²) in [7, 11) is 3.88. The minimum Gasteiger partial charge on any atom is -0.350 e. The third-order valence-corrected chi connectivity index (χ3v) is 12.6. The number of aromatic nitrogens is 17. The van der Waals surface area contributed by atoms with Gasteiger partial charge in [-0.1, -0.05) is 54.6 Å². The zero-order valence-corrected chi connectivity index (χ0v) is 45.0. The zero-order chi connectivity index (χ0) is 55.5. The number of aryl methyl sites for hydroxylation is 3. The van der Waals surface area contributed by atoms with Crippen molar-refractivity contribution >= 4 is 102 Å². The van der Waals surface area contributed by atoms with Crippen molar-refractivity contribution in [3.63, 3.8) is 0 Å². The molecule has 0 atom stereocenters. The highest BCUT2D eigenvalue weighted by atomic mass is 15.3. The van der Waals surface area contributed by atoms with E-state index in [4.69, 9.17) is 0 Å². The maximum atomic E-state index is 4.62. The van der Waals surface area contributed by atoms with Gasteiger partial charge in [0.05, 0.1) is 22.1 Å². The van der Waals surface area contributed by atoms with E-state index < -0.39 is 0 Å². The number of nitrogens with one attached hydrogen (secondary N) is 9. The van der Waals surface area contributed by atoms with E-state index in [9.17, 15) is 0 Å². The molecule has 0 spiro atoms. The number of nitrogens with zero attached hydrogens (tertiary/aromatic N) is 14. The van der Waals surface area contributed by atoms with E-state index in [0.29, 0.717) is 30.2 Å². The third-order valence-electron chi connectivity index (χ3n) is 12.6. The SMILES string of the molecule is CN(C)c1nc(Nc2cc(C3CC3)[nH]n2)c2ccccc2n1.Cc1cc(Nc2nc(NCc3cccnc3)nc3ccccc23)n[nH]1.Cc1cc(Nc2ncnc3ccccc23)n[nH]1.Cc1cc(Nc2ncnc3ccccc23)n[nH]1. The molecule has 1 fully saturated rings. The molecule has 0 radical (unpaired) electrons. The van der Waals surface area contributed by atoms with Crippen LogP contribution in [0.1, 0.15) is 47.1 Å². The van der Waals surface area contributed by atoms with Crippen molar-refractivity contribution in [2.45, 2.75) is 46.1 Å². The van der Waals surface area contributed by atoms with E-state index >= 15 is 0 Å². The van der Waals surface area contributed by atoms with Gasteiger partial charge in [0.25, 0.3) is 0 Å². The molecule has 0 bridgehead atoms. The molecule has 0 unspecified atom stereocenters. The highest BCUT2D eigenvalue weighted by Crippen LogP contribution is 2.40. The van der Waals surface area contributed by atoms with E-state index in [2.05, 4.69) is 118 Å². The Labute approximate surface area is 464 Å². The number of benzene rings is 4. The van der Waals surface area contributed by atoms with Gasteiger partial charge in [-0.3, -0.25) is 25.4 Å². The third kappa shape index (κ3) is 13.2. The number of H-pyrrole nitrogens is 4. The number of fused-ring (bicyclic) bond motifs is 4. The molecule has 81 heavy (non-hydrogen) atoms. The van der Waals surface area contributed by atoms with Gasteiger partial charge in [0.2, 0.25) is 11.9 Å². The minimum atomic E-state index is 0.553. The van der Waals surface area contributed by atoms with Crippen LogP contribution >= 0.6 is 0 Å². The number of hydrogen-bond donors (Lipinski definition) is 9. The first-order valence-electron chi connectivity index (χ1n) is 26.1. The molecule has 14 rings (SSSR count). The Kier molecular flexibility index (Phi) is 15.5. The lowest BCUT2D eigenvalue weighted by atomic mass is 10.2. The van der Waals surface area contributed by atoms with Crippen molar-refractivity contribution in [2.24, 2.45) is 0 Å². The lowest BCUT2D eigenvalue weighted by Crippen LogP contribution is -2.13. The Bertz CT molecular complexity index is 4070. The molecule has 0 amide bonds. The standard InChI is InChI=1S/C18H17N7.C16H18N6.2C12H11N5/c1-12-9-16(25-24-12)22-17-14-6-2-3-7-15(14)21-18(23-17)20-11-13-5-4-8-19-10-13;1-22(2)16-17-12-6-4-3-5-11(12)15(19-16)18-14-9-13(20-21-14)10-7-8-10;2*1-8-6-11(17-16-8)15-12-9-4-2-3-5-10(9)13-7-14-12/h2-10H,11H2,1H3,(H3,20,21,22,23,24,25);3-6,9-10H,7-8H2,1-2H3,(H2,17,18,19,20,21);2*2-7H,1H3,(H2,13,14,15,16,17). The van der Waals surface area contributed by atoms with Crippen molar-refractivity contribution in [3.8, 4) is 0 Å². The fraction of sp³-hybridized carbons (Fsp3) is 0.155. The van der Waals surface area contributed by atoms with Crippen LogP contribution in [0.5, 0.6) is 0 Å². The van der Waals surface area contributed by atoms with Gasteiger partial charge in [-0.2, -0.15) is 30.4 Å². The van der Waals surface area contributed by atoms with Gasteiger partial charge < -0.3 is 31.5 Å². The van der Waals surface area contributed by atoms with Gasteiger partial charge >= 0.3 is 0 Å². The molecule has 9 N–H and O–H groups in total. The summed E-state index contributed by atoms with van der Waals surface area (Å²) in [5, 5.41) is 48.7. The average Bonchev–Trinajstić information content (AvgIpc) is 3.81. The molecule has 1 aliphatic rings. The second-order valence-electron chi connectivity index (χ2n) is 19.2. The largest absolute Gasteiger partial charge is 0.350 e. The number of para-hydroxylation sites is 4. The van der Waals surface area contributed by atoms with E-state index in [1.54, 1.807) is 18.9 Å². The molecule has 9 aromatic heterocycles. The zero-order valence-electron chi connectivity index (χ0n) is 45.0. The summed E-state index contributed by atoms with van der Waals surface area (Å²) in [6, 6.07) is 43.4. The normalized spacial score (nSPS) is 11.7. The summed E-state index contributed by atoms with van der Waals surface area (Å²) in [5.74, 6) is 7.95. The molecule has 9 heterocycles. The van der Waals surface area contributed by atoms with Crippen LogP contribution in [-0.2, 0) is 6.54 Å².